The molecule has 1 heterocycles. The van der Waals surface area contributed by atoms with Gasteiger partial charge in [0.15, 0.2) is 11.5 Å². The summed E-state index contributed by atoms with van der Waals surface area (Å²) < 4.78 is 4.92. The van der Waals surface area contributed by atoms with Crippen molar-refractivity contribution in [3.8, 4) is 11.5 Å². The topological polar surface area (TPSA) is 82.0 Å². The van der Waals surface area contributed by atoms with Gasteiger partial charge in [-0.05, 0) is 24.1 Å². The van der Waals surface area contributed by atoms with E-state index in [0.29, 0.717) is 6.42 Å². The fraction of sp³-hybridized carbons (Fsp3) is 0.533. The average molecular weight is 294 g/mol. The summed E-state index contributed by atoms with van der Waals surface area (Å²) in [5.74, 6) is -0.359. The molecule has 0 amide bonds. The number of phenols is 1. The number of hydrogen-bond acceptors (Lipinski definition) is 6. The van der Waals surface area contributed by atoms with Crippen molar-refractivity contribution >= 4 is 5.97 Å². The quantitative estimate of drug-likeness (QED) is 0.546. The summed E-state index contributed by atoms with van der Waals surface area (Å²) in [6.45, 7) is 5.01. The first-order valence-electron chi connectivity index (χ1n) is 7.18. The summed E-state index contributed by atoms with van der Waals surface area (Å²) in [5.41, 5.74) is 0.916. The third kappa shape index (κ3) is 4.17. The molecule has 0 saturated carbocycles. The molecule has 1 atom stereocenters. The molecule has 0 aromatic heterocycles. The molecule has 0 radical (unpaired) electrons. The second kappa shape index (κ2) is 7.40. The molecule has 0 unspecified atom stereocenters. The molecule has 1 saturated heterocycles. The van der Waals surface area contributed by atoms with Crippen LogP contribution in [0.15, 0.2) is 18.2 Å². The number of phenolic OH excluding ortho intramolecular Hbond substituents is 1. The number of hydrogen-bond donors (Lipinski definition) is 3. The number of aliphatic hydroxyl groups excluding tert-OH is 1. The highest BCUT2D eigenvalue weighted by Gasteiger charge is 2.22. The van der Waals surface area contributed by atoms with Gasteiger partial charge in [0.2, 0.25) is 0 Å². The van der Waals surface area contributed by atoms with E-state index >= 15 is 0 Å². The van der Waals surface area contributed by atoms with E-state index in [0.717, 1.165) is 31.7 Å². The Morgan fingerprint density at radius 3 is 2.71 bits per heavy atom. The summed E-state index contributed by atoms with van der Waals surface area (Å²) in [6.07, 6.45) is 0.604. The van der Waals surface area contributed by atoms with Crippen LogP contribution in [0.1, 0.15) is 24.9 Å². The van der Waals surface area contributed by atoms with Crippen molar-refractivity contribution in [2.24, 2.45) is 0 Å². The lowest BCUT2D eigenvalue weighted by molar-refractivity contribution is -0.132. The monoisotopic (exact) mass is 294 g/mol. The third-order valence-corrected chi connectivity index (χ3v) is 3.62. The van der Waals surface area contributed by atoms with Crippen molar-refractivity contribution in [2.75, 3.05) is 32.8 Å². The average Bonchev–Trinajstić information content (AvgIpc) is 2.47. The fourth-order valence-electron chi connectivity index (χ4n) is 2.66. The molecular weight excluding hydrogens is 272 g/mol. The predicted octanol–water partition coefficient (Wildman–Crippen LogP) is 0.646. The van der Waals surface area contributed by atoms with E-state index in [1.54, 1.807) is 12.1 Å². The van der Waals surface area contributed by atoms with Crippen molar-refractivity contribution in [1.29, 1.82) is 0 Å². The Morgan fingerprint density at radius 1 is 1.43 bits per heavy atom. The summed E-state index contributed by atoms with van der Waals surface area (Å²) in [4.78, 5) is 13.2. The first kappa shape index (κ1) is 15.8. The van der Waals surface area contributed by atoms with Crippen LogP contribution < -0.4 is 10.1 Å². The first-order valence-corrected chi connectivity index (χ1v) is 7.18. The second-order valence-corrected chi connectivity index (χ2v) is 5.13. The lowest BCUT2D eigenvalue weighted by Gasteiger charge is -2.35. The van der Waals surface area contributed by atoms with E-state index in [1.165, 1.54) is 6.92 Å². The molecular formula is C15H22N2O4. The van der Waals surface area contributed by atoms with Gasteiger partial charge in [0.05, 0.1) is 0 Å². The molecule has 0 aliphatic carbocycles. The smallest absolute Gasteiger partial charge is 0.308 e. The lowest BCUT2D eigenvalue weighted by Crippen LogP contribution is -2.45. The normalized spacial score (nSPS) is 17.4. The van der Waals surface area contributed by atoms with Crippen LogP contribution in [0.3, 0.4) is 0 Å². The number of ether oxygens (including phenoxy) is 1. The zero-order chi connectivity index (χ0) is 15.2. The Bertz CT molecular complexity index is 487. The second-order valence-electron chi connectivity index (χ2n) is 5.13. The lowest BCUT2D eigenvalue weighted by atomic mass is 10.0. The van der Waals surface area contributed by atoms with Crippen molar-refractivity contribution in [3.05, 3.63) is 23.8 Å². The Kier molecular flexibility index (Phi) is 5.55. The van der Waals surface area contributed by atoms with Gasteiger partial charge in [-0.25, -0.2) is 0 Å². The van der Waals surface area contributed by atoms with E-state index in [-0.39, 0.29) is 24.1 Å². The summed E-state index contributed by atoms with van der Waals surface area (Å²) in [5, 5.41) is 22.6. The zero-order valence-corrected chi connectivity index (χ0v) is 12.2. The van der Waals surface area contributed by atoms with Crippen molar-refractivity contribution < 1.29 is 19.7 Å². The maximum atomic E-state index is 11.0. The minimum absolute atomic E-state index is 0.0504. The van der Waals surface area contributed by atoms with Crippen LogP contribution >= 0.6 is 0 Å². The van der Waals surface area contributed by atoms with Gasteiger partial charge >= 0.3 is 5.97 Å². The largest absolute Gasteiger partial charge is 0.504 e. The van der Waals surface area contributed by atoms with E-state index in [1.807, 2.05) is 6.07 Å². The van der Waals surface area contributed by atoms with Gasteiger partial charge in [-0.2, -0.15) is 0 Å². The molecule has 0 spiro atoms. The molecule has 21 heavy (non-hydrogen) atoms. The number of aromatic hydroxyl groups is 1. The van der Waals surface area contributed by atoms with Crippen molar-refractivity contribution in [2.45, 2.75) is 19.4 Å². The maximum absolute atomic E-state index is 11.0. The Labute approximate surface area is 124 Å². The summed E-state index contributed by atoms with van der Waals surface area (Å²) >= 11 is 0. The molecule has 1 aromatic rings. The van der Waals surface area contributed by atoms with Gasteiger partial charge in [0.1, 0.15) is 0 Å². The van der Waals surface area contributed by atoms with Crippen LogP contribution in [0.4, 0.5) is 0 Å². The van der Waals surface area contributed by atoms with Gasteiger partial charge < -0.3 is 20.3 Å². The Morgan fingerprint density at radius 2 is 2.14 bits per heavy atom. The van der Waals surface area contributed by atoms with Gasteiger partial charge in [-0.15, -0.1) is 0 Å². The van der Waals surface area contributed by atoms with E-state index < -0.39 is 5.97 Å². The van der Waals surface area contributed by atoms with Gasteiger partial charge in [0, 0.05) is 45.8 Å². The molecule has 6 nitrogen and oxygen atoms in total. The molecule has 1 aliphatic rings. The van der Waals surface area contributed by atoms with Crippen LogP contribution in [0.2, 0.25) is 0 Å². The van der Waals surface area contributed by atoms with Crippen LogP contribution in [0.25, 0.3) is 0 Å². The van der Waals surface area contributed by atoms with Gasteiger partial charge in [-0.1, -0.05) is 6.07 Å². The first-order chi connectivity index (χ1) is 10.1. The molecule has 0 bridgehead atoms. The van der Waals surface area contributed by atoms with Crippen LogP contribution in [0, 0.1) is 0 Å². The highest BCUT2D eigenvalue weighted by molar-refractivity contribution is 5.70. The molecule has 1 aliphatic heterocycles. The fourth-order valence-corrected chi connectivity index (χ4v) is 2.66. The van der Waals surface area contributed by atoms with Crippen LogP contribution in [-0.4, -0.2) is 53.9 Å². The highest BCUT2D eigenvalue weighted by Crippen LogP contribution is 2.32. The highest BCUT2D eigenvalue weighted by atomic mass is 16.5. The standard InChI is InChI=1S/C15H22N2O4/c1-11(19)21-15-3-2-12(10-14(15)20)13(4-9-18)17-7-5-16-6-8-17/h2-3,10,13,16,18,20H,4-9H2,1H3/t13-/m0/s1. The number of nitrogens with one attached hydrogen (secondary N) is 1. The minimum atomic E-state index is -0.466. The van der Waals surface area contributed by atoms with Crippen molar-refractivity contribution in [1.82, 2.24) is 10.2 Å². The molecule has 1 fully saturated rings. The molecule has 1 aromatic carbocycles. The Hall–Kier alpha value is -1.63. The van der Waals surface area contributed by atoms with E-state index in [4.69, 9.17) is 4.74 Å². The van der Waals surface area contributed by atoms with E-state index in [9.17, 15) is 15.0 Å². The number of carbonyl (C=O) groups is 1. The predicted molar refractivity (Wildman–Crippen MR) is 78.3 cm³/mol. The zero-order valence-electron chi connectivity index (χ0n) is 12.2. The number of benzene rings is 1. The minimum Gasteiger partial charge on any atom is -0.504 e. The molecule has 6 heteroatoms. The SMILES string of the molecule is CC(=O)Oc1ccc([C@H](CCO)N2CCNCC2)cc1O. The Balaban J connectivity index is 2.19. The van der Waals surface area contributed by atoms with Crippen LogP contribution in [-0.2, 0) is 4.79 Å². The maximum Gasteiger partial charge on any atom is 0.308 e. The number of carbonyl (C=O) groups excluding carboxylic acids is 1. The van der Waals surface area contributed by atoms with E-state index in [2.05, 4.69) is 10.2 Å². The molecule has 116 valence electrons. The number of esters is 1. The number of piperazine rings is 1. The molecule has 3 N–H and O–H groups in total. The van der Waals surface area contributed by atoms with Crippen molar-refractivity contribution in [3.63, 3.8) is 0 Å². The van der Waals surface area contributed by atoms with Gasteiger partial charge in [0.25, 0.3) is 0 Å². The number of nitrogens with zero attached hydrogens (tertiary/aromatic N) is 1. The number of aliphatic hydroxyl groups is 1. The summed E-state index contributed by atoms with van der Waals surface area (Å²) in [7, 11) is 0. The number of rotatable bonds is 5. The molecule has 2 rings (SSSR count). The summed E-state index contributed by atoms with van der Waals surface area (Å²) in [6, 6.07) is 5.09. The van der Waals surface area contributed by atoms with Gasteiger partial charge in [-0.3, -0.25) is 9.69 Å². The third-order valence-electron chi connectivity index (χ3n) is 3.62. The van der Waals surface area contributed by atoms with Crippen LogP contribution in [0.5, 0.6) is 11.5 Å².